The third kappa shape index (κ3) is 3.47. The molecule has 3 aromatic rings. The second kappa shape index (κ2) is 7.79. The molecule has 0 spiro atoms. The first-order chi connectivity index (χ1) is 14.1. The Bertz CT molecular complexity index is 1070. The zero-order valence-electron chi connectivity index (χ0n) is 16.4. The van der Waals surface area contributed by atoms with Crippen molar-refractivity contribution in [2.75, 3.05) is 25.3 Å². The quantitative estimate of drug-likeness (QED) is 0.556. The summed E-state index contributed by atoms with van der Waals surface area (Å²) in [5, 5.41) is 12.3. The van der Waals surface area contributed by atoms with E-state index in [2.05, 4.69) is 33.5 Å². The normalized spacial score (nSPS) is 14.9. The second-order valence-electron chi connectivity index (χ2n) is 6.86. The van der Waals surface area contributed by atoms with Crippen molar-refractivity contribution in [3.05, 3.63) is 71.0 Å². The third-order valence-electron chi connectivity index (χ3n) is 5.24. The van der Waals surface area contributed by atoms with Crippen LogP contribution in [0.1, 0.15) is 34.7 Å². The van der Waals surface area contributed by atoms with Crippen molar-refractivity contribution in [1.29, 1.82) is 5.41 Å². The lowest BCUT2D eigenvalue weighted by atomic mass is 10.0. The standard InChI is InChI=1S/C22H23N5O2/c1-28-17-10-8-14(11-18(17)29-2)20(23)19-21(24)25-12-26-22(19)27-16-9-7-13-5-3-4-6-15(13)16/h3-6,8,10-12,16,23H,7,9H2,1-2H3,(H3,24,25,26,27). The van der Waals surface area contributed by atoms with Gasteiger partial charge in [0.1, 0.15) is 18.0 Å². The van der Waals surface area contributed by atoms with Gasteiger partial charge in [-0.25, -0.2) is 9.97 Å². The minimum absolute atomic E-state index is 0.123. The molecule has 1 aromatic heterocycles. The molecule has 1 atom stereocenters. The Balaban J connectivity index is 1.69. The molecule has 1 unspecified atom stereocenters. The minimum Gasteiger partial charge on any atom is -0.493 e. The van der Waals surface area contributed by atoms with Crippen LogP contribution < -0.4 is 20.5 Å². The van der Waals surface area contributed by atoms with Crippen molar-refractivity contribution in [2.24, 2.45) is 0 Å². The van der Waals surface area contributed by atoms with E-state index in [1.54, 1.807) is 32.4 Å². The summed E-state index contributed by atoms with van der Waals surface area (Å²) < 4.78 is 10.7. The summed E-state index contributed by atoms with van der Waals surface area (Å²) in [6, 6.07) is 13.8. The van der Waals surface area contributed by atoms with E-state index >= 15 is 0 Å². The van der Waals surface area contributed by atoms with Gasteiger partial charge in [0.15, 0.2) is 11.5 Å². The van der Waals surface area contributed by atoms with Gasteiger partial charge < -0.3 is 20.5 Å². The molecule has 7 heteroatoms. The molecule has 7 nitrogen and oxygen atoms in total. The Labute approximate surface area is 169 Å². The van der Waals surface area contributed by atoms with Crippen molar-refractivity contribution < 1.29 is 9.47 Å². The lowest BCUT2D eigenvalue weighted by molar-refractivity contribution is 0.355. The van der Waals surface area contributed by atoms with E-state index in [4.69, 9.17) is 20.6 Å². The Morgan fingerprint density at radius 2 is 1.90 bits per heavy atom. The largest absolute Gasteiger partial charge is 0.493 e. The number of hydrogen-bond acceptors (Lipinski definition) is 7. The first-order valence-electron chi connectivity index (χ1n) is 9.38. The van der Waals surface area contributed by atoms with E-state index in [1.165, 1.54) is 17.5 Å². The van der Waals surface area contributed by atoms with Gasteiger partial charge in [0.05, 0.1) is 31.5 Å². The topological polar surface area (TPSA) is 106 Å². The van der Waals surface area contributed by atoms with Crippen molar-refractivity contribution in [3.63, 3.8) is 0 Å². The van der Waals surface area contributed by atoms with Crippen LogP contribution in [0.2, 0.25) is 0 Å². The van der Waals surface area contributed by atoms with Gasteiger partial charge in [0.2, 0.25) is 0 Å². The Morgan fingerprint density at radius 3 is 2.69 bits per heavy atom. The summed E-state index contributed by atoms with van der Waals surface area (Å²) in [4.78, 5) is 8.51. The van der Waals surface area contributed by atoms with Crippen molar-refractivity contribution in [3.8, 4) is 11.5 Å². The van der Waals surface area contributed by atoms with Crippen LogP contribution in [-0.4, -0.2) is 29.9 Å². The molecule has 0 aliphatic heterocycles. The van der Waals surface area contributed by atoms with E-state index in [9.17, 15) is 0 Å². The van der Waals surface area contributed by atoms with Crippen molar-refractivity contribution >= 4 is 17.3 Å². The molecule has 2 aromatic carbocycles. The number of nitrogen functional groups attached to an aromatic ring is 1. The van der Waals surface area contributed by atoms with Gasteiger partial charge in [0.25, 0.3) is 0 Å². The lowest BCUT2D eigenvalue weighted by Gasteiger charge is -2.19. The molecular formula is C22H23N5O2. The van der Waals surface area contributed by atoms with Crippen LogP contribution in [0.3, 0.4) is 0 Å². The summed E-state index contributed by atoms with van der Waals surface area (Å²) in [7, 11) is 3.14. The van der Waals surface area contributed by atoms with E-state index in [0.29, 0.717) is 28.4 Å². The van der Waals surface area contributed by atoms with Gasteiger partial charge in [-0.1, -0.05) is 24.3 Å². The summed E-state index contributed by atoms with van der Waals surface area (Å²) in [5.41, 5.74) is 10.1. The van der Waals surface area contributed by atoms with E-state index in [1.807, 2.05) is 6.07 Å². The first kappa shape index (κ1) is 18.7. The molecule has 0 fully saturated rings. The van der Waals surface area contributed by atoms with Crippen LogP contribution >= 0.6 is 0 Å². The van der Waals surface area contributed by atoms with Gasteiger partial charge in [-0.2, -0.15) is 0 Å². The lowest BCUT2D eigenvalue weighted by Crippen LogP contribution is -2.16. The van der Waals surface area contributed by atoms with Gasteiger partial charge in [0, 0.05) is 5.56 Å². The molecule has 0 radical (unpaired) electrons. The van der Waals surface area contributed by atoms with Crippen LogP contribution in [0.25, 0.3) is 0 Å². The third-order valence-corrected chi connectivity index (χ3v) is 5.24. The summed E-state index contributed by atoms with van der Waals surface area (Å²) in [5.74, 6) is 1.96. The molecule has 1 heterocycles. The smallest absolute Gasteiger partial charge is 0.161 e. The maximum atomic E-state index is 8.77. The number of nitrogens with zero attached hydrogens (tertiary/aromatic N) is 2. The highest BCUT2D eigenvalue weighted by Gasteiger charge is 2.25. The van der Waals surface area contributed by atoms with E-state index in [-0.39, 0.29) is 17.6 Å². The average Bonchev–Trinajstić information content (AvgIpc) is 3.16. The van der Waals surface area contributed by atoms with Crippen molar-refractivity contribution in [1.82, 2.24) is 9.97 Å². The fourth-order valence-corrected chi connectivity index (χ4v) is 3.76. The van der Waals surface area contributed by atoms with Crippen LogP contribution in [0.4, 0.5) is 11.6 Å². The highest BCUT2D eigenvalue weighted by Crippen LogP contribution is 2.35. The summed E-state index contributed by atoms with van der Waals surface area (Å²) in [6.45, 7) is 0. The number of ether oxygens (including phenoxy) is 2. The monoisotopic (exact) mass is 389 g/mol. The number of aryl methyl sites for hydroxylation is 1. The predicted octanol–water partition coefficient (Wildman–Crippen LogP) is 3.59. The zero-order chi connectivity index (χ0) is 20.4. The number of benzene rings is 2. The van der Waals surface area contributed by atoms with E-state index < -0.39 is 0 Å². The molecule has 4 N–H and O–H groups in total. The molecule has 0 saturated carbocycles. The number of nitrogens with two attached hydrogens (primary N) is 1. The first-order valence-corrected chi connectivity index (χ1v) is 9.38. The Morgan fingerprint density at radius 1 is 1.10 bits per heavy atom. The molecule has 1 aliphatic rings. The fourth-order valence-electron chi connectivity index (χ4n) is 3.76. The summed E-state index contributed by atoms with van der Waals surface area (Å²) >= 11 is 0. The Hall–Kier alpha value is -3.61. The van der Waals surface area contributed by atoms with Crippen molar-refractivity contribution in [2.45, 2.75) is 18.9 Å². The molecule has 29 heavy (non-hydrogen) atoms. The second-order valence-corrected chi connectivity index (χ2v) is 6.86. The van der Waals surface area contributed by atoms with Gasteiger partial charge in [-0.3, -0.25) is 5.41 Å². The van der Waals surface area contributed by atoms with Gasteiger partial charge in [-0.15, -0.1) is 0 Å². The van der Waals surface area contributed by atoms with Crippen LogP contribution in [0.5, 0.6) is 11.5 Å². The van der Waals surface area contributed by atoms with Gasteiger partial charge >= 0.3 is 0 Å². The van der Waals surface area contributed by atoms with Crippen LogP contribution in [0, 0.1) is 5.41 Å². The maximum Gasteiger partial charge on any atom is 0.161 e. The average molecular weight is 389 g/mol. The molecule has 0 saturated heterocycles. The highest BCUT2D eigenvalue weighted by atomic mass is 16.5. The Kier molecular flexibility index (Phi) is 5.03. The molecule has 148 valence electrons. The zero-order valence-corrected chi connectivity index (χ0v) is 16.4. The number of hydrogen-bond donors (Lipinski definition) is 3. The SMILES string of the molecule is COc1ccc(C(=N)c2c(N)ncnc2NC2CCc3ccccc32)cc1OC. The minimum atomic E-state index is 0.123. The molecule has 4 rings (SSSR count). The fraction of sp³-hybridized carbons (Fsp3) is 0.227. The number of aromatic nitrogens is 2. The molecule has 0 bridgehead atoms. The highest BCUT2D eigenvalue weighted by molar-refractivity contribution is 6.16. The molecule has 1 aliphatic carbocycles. The molecule has 0 amide bonds. The predicted molar refractivity (Wildman–Crippen MR) is 113 cm³/mol. The molecular weight excluding hydrogens is 366 g/mol. The van der Waals surface area contributed by atoms with Crippen LogP contribution in [-0.2, 0) is 6.42 Å². The van der Waals surface area contributed by atoms with Gasteiger partial charge in [-0.05, 0) is 42.2 Å². The van der Waals surface area contributed by atoms with E-state index in [0.717, 1.165) is 12.8 Å². The summed E-state index contributed by atoms with van der Waals surface area (Å²) in [6.07, 6.45) is 3.40. The number of nitrogens with one attached hydrogen (secondary N) is 2. The number of fused-ring (bicyclic) bond motifs is 1. The maximum absolute atomic E-state index is 8.77. The van der Waals surface area contributed by atoms with Crippen LogP contribution in [0.15, 0.2) is 48.8 Å². The number of anilines is 2. The number of methoxy groups -OCH3 is 2. The number of rotatable bonds is 6.